The number of pyridine rings is 2. The number of aromatic nitrogens is 2. The Morgan fingerprint density at radius 3 is 2.60 bits per heavy atom. The van der Waals surface area contributed by atoms with Gasteiger partial charge in [0.25, 0.3) is 5.91 Å². The summed E-state index contributed by atoms with van der Waals surface area (Å²) in [5, 5.41) is 11.7. The highest BCUT2D eigenvalue weighted by Gasteiger charge is 2.39. The highest BCUT2D eigenvalue weighted by Crippen LogP contribution is 2.26. The second kappa shape index (κ2) is 9.10. The molecule has 0 saturated carbocycles. The number of alkyl halides is 3. The maximum atomic E-state index is 14.7. The molecule has 1 amide bonds. The number of halogens is 5. The molecule has 2 N–H and O–H groups in total. The maximum Gasteiger partial charge on any atom is 0.408 e. The average Bonchev–Trinajstić information content (AvgIpc) is 3.23. The summed E-state index contributed by atoms with van der Waals surface area (Å²) in [5.74, 6) is -3.03. The van der Waals surface area contributed by atoms with Crippen LogP contribution in [0, 0.1) is 11.6 Å². The Morgan fingerprint density at radius 2 is 2.00 bits per heavy atom. The van der Waals surface area contributed by atoms with Gasteiger partial charge in [-0.3, -0.25) is 14.2 Å². The van der Waals surface area contributed by atoms with Crippen LogP contribution in [-0.4, -0.2) is 45.6 Å². The van der Waals surface area contributed by atoms with Crippen molar-refractivity contribution in [2.45, 2.75) is 31.8 Å². The Kier molecular flexibility index (Phi) is 6.32. The van der Waals surface area contributed by atoms with Crippen molar-refractivity contribution in [3.63, 3.8) is 0 Å². The molecule has 4 rings (SSSR count). The number of amides is 1. The van der Waals surface area contributed by atoms with Gasteiger partial charge >= 0.3 is 6.18 Å². The number of benzene rings is 1. The molecular weight excluding hydrogens is 475 g/mol. The van der Waals surface area contributed by atoms with Gasteiger partial charge in [-0.15, -0.1) is 0 Å². The molecule has 7 nitrogen and oxygen atoms in total. The molecule has 0 bridgehead atoms. The molecule has 35 heavy (non-hydrogen) atoms. The molecule has 184 valence electrons. The van der Waals surface area contributed by atoms with Crippen LogP contribution >= 0.6 is 0 Å². The van der Waals surface area contributed by atoms with Crippen LogP contribution in [0.25, 0.3) is 16.7 Å². The van der Waals surface area contributed by atoms with Crippen LogP contribution in [0.3, 0.4) is 0 Å². The number of anilines is 1. The number of aliphatic hydroxyl groups excluding tert-OH is 1. The fourth-order valence-electron chi connectivity index (χ4n) is 3.76. The molecule has 1 aromatic carbocycles. The zero-order valence-electron chi connectivity index (χ0n) is 18.2. The van der Waals surface area contributed by atoms with Crippen LogP contribution in [0.2, 0.25) is 0 Å². The first kappa shape index (κ1) is 24.3. The van der Waals surface area contributed by atoms with E-state index in [1.54, 1.807) is 11.4 Å². The lowest BCUT2D eigenvalue weighted by atomic mass is 10.1. The molecule has 12 heteroatoms. The quantitative estimate of drug-likeness (QED) is 0.419. The van der Waals surface area contributed by atoms with Gasteiger partial charge in [0.15, 0.2) is 5.65 Å². The normalized spacial score (nSPS) is 16.7. The summed E-state index contributed by atoms with van der Waals surface area (Å²) in [6.07, 6.45) is -2.15. The van der Waals surface area contributed by atoms with Crippen LogP contribution in [0.4, 0.5) is 27.8 Å². The lowest BCUT2D eigenvalue weighted by molar-refractivity contribution is -0.153. The summed E-state index contributed by atoms with van der Waals surface area (Å²) in [6.45, 7) is 1.52. The van der Waals surface area contributed by atoms with Gasteiger partial charge in [0.2, 0.25) is 5.43 Å². The summed E-state index contributed by atoms with van der Waals surface area (Å²) < 4.78 is 68.8. The number of rotatable bonds is 5. The third-order valence-electron chi connectivity index (χ3n) is 5.58. The number of carbonyl (C=O) groups excluding carboxylic acids is 1. The molecule has 2 atom stereocenters. The van der Waals surface area contributed by atoms with Crippen molar-refractivity contribution in [3.8, 4) is 5.69 Å². The molecule has 0 fully saturated rings. The third kappa shape index (κ3) is 4.61. The largest absolute Gasteiger partial charge is 0.408 e. The van der Waals surface area contributed by atoms with Gasteiger partial charge < -0.3 is 15.3 Å². The Balaban J connectivity index is 1.92. The Morgan fingerprint density at radius 1 is 1.26 bits per heavy atom. The molecule has 2 aromatic heterocycles. The van der Waals surface area contributed by atoms with Crippen molar-refractivity contribution in [2.75, 3.05) is 11.4 Å². The minimum Gasteiger partial charge on any atom is -0.370 e. The highest BCUT2D eigenvalue weighted by atomic mass is 19.4. The monoisotopic (exact) mass is 494 g/mol. The van der Waals surface area contributed by atoms with E-state index in [2.05, 4.69) is 4.98 Å². The van der Waals surface area contributed by atoms with Crippen LogP contribution in [0.5, 0.6) is 0 Å². The molecule has 3 heterocycles. The van der Waals surface area contributed by atoms with Gasteiger partial charge in [0.05, 0.1) is 11.1 Å². The van der Waals surface area contributed by atoms with Crippen molar-refractivity contribution in [1.29, 1.82) is 0 Å². The summed E-state index contributed by atoms with van der Waals surface area (Å²) in [6, 6.07) is 3.02. The lowest BCUT2D eigenvalue weighted by Crippen LogP contribution is -2.46. The smallest absolute Gasteiger partial charge is 0.370 e. The zero-order valence-corrected chi connectivity index (χ0v) is 18.2. The number of hydrogen-bond donors (Lipinski definition) is 2. The number of carbonyl (C=O) groups is 1. The number of hydrogen-bond acceptors (Lipinski definition) is 5. The van der Waals surface area contributed by atoms with Crippen molar-refractivity contribution in [3.05, 3.63) is 76.1 Å². The van der Waals surface area contributed by atoms with Gasteiger partial charge in [-0.25, -0.2) is 13.8 Å². The Labute approximate surface area is 195 Å². The number of nitrogens with one attached hydrogen (secondary N) is 1. The van der Waals surface area contributed by atoms with E-state index in [0.29, 0.717) is 12.6 Å². The van der Waals surface area contributed by atoms with Gasteiger partial charge in [0.1, 0.15) is 35.3 Å². The molecule has 0 radical (unpaired) electrons. The van der Waals surface area contributed by atoms with E-state index in [1.165, 1.54) is 30.0 Å². The first-order valence-corrected chi connectivity index (χ1v) is 10.5. The fraction of sp³-hybridized carbons (Fsp3) is 0.261. The highest BCUT2D eigenvalue weighted by molar-refractivity contribution is 5.97. The average molecular weight is 494 g/mol. The van der Waals surface area contributed by atoms with E-state index >= 15 is 0 Å². The van der Waals surface area contributed by atoms with Crippen molar-refractivity contribution < 1.29 is 31.9 Å². The minimum atomic E-state index is -4.75. The van der Waals surface area contributed by atoms with E-state index in [4.69, 9.17) is 0 Å². The summed E-state index contributed by atoms with van der Waals surface area (Å²) in [5.41, 5.74) is -2.04. The summed E-state index contributed by atoms with van der Waals surface area (Å²) >= 11 is 0. The van der Waals surface area contributed by atoms with Gasteiger partial charge in [0, 0.05) is 18.8 Å². The van der Waals surface area contributed by atoms with E-state index in [9.17, 15) is 36.6 Å². The molecule has 1 aliphatic heterocycles. The minimum absolute atomic E-state index is 0.142. The van der Waals surface area contributed by atoms with Crippen molar-refractivity contribution >= 4 is 22.8 Å². The fourth-order valence-corrected chi connectivity index (χ4v) is 3.76. The molecular formula is C23H19F5N4O3. The number of fused-ring (bicyclic) bond motifs is 1. The van der Waals surface area contributed by atoms with E-state index < -0.39 is 53.4 Å². The van der Waals surface area contributed by atoms with E-state index in [1.807, 2.05) is 0 Å². The van der Waals surface area contributed by atoms with Crippen LogP contribution in [-0.2, 0) is 0 Å². The lowest BCUT2D eigenvalue weighted by Gasteiger charge is -2.23. The molecule has 3 aromatic rings. The predicted molar refractivity (Wildman–Crippen MR) is 117 cm³/mol. The predicted octanol–water partition coefficient (Wildman–Crippen LogP) is 3.43. The summed E-state index contributed by atoms with van der Waals surface area (Å²) in [4.78, 5) is 31.6. The number of aliphatic hydroxyl groups is 1. The Hall–Kier alpha value is -3.80. The van der Waals surface area contributed by atoms with Crippen LogP contribution in [0.1, 0.15) is 23.7 Å². The van der Waals surface area contributed by atoms with E-state index in [-0.39, 0.29) is 22.5 Å². The van der Waals surface area contributed by atoms with Gasteiger partial charge in [-0.05, 0) is 36.8 Å². The van der Waals surface area contributed by atoms with Crippen LogP contribution < -0.4 is 15.6 Å². The standard InChI is InChI=1S/C23H19F5N4O3/c1-2-17(23(26,27)28)29-22(35)14-11-32(16-7-5-12(24)10-15(16)25)21-13(20(14)34)6-8-18(30-21)31-9-3-4-19(31)33/h3-8,10-11,17,19,33H,2,9H2,1H3,(H,29,35)/t17-,19?/m0/s1. The second-order valence-electron chi connectivity index (χ2n) is 7.85. The molecule has 1 aliphatic rings. The first-order valence-electron chi connectivity index (χ1n) is 10.5. The molecule has 0 saturated heterocycles. The van der Waals surface area contributed by atoms with Crippen molar-refractivity contribution in [1.82, 2.24) is 14.9 Å². The van der Waals surface area contributed by atoms with E-state index in [0.717, 1.165) is 22.9 Å². The SMILES string of the molecule is CC[C@H](NC(=O)c1cn(-c2ccc(F)cc2F)c2nc(N3CC=CC3O)ccc2c1=O)C(F)(F)F. The molecule has 1 unspecified atom stereocenters. The number of nitrogens with zero attached hydrogens (tertiary/aromatic N) is 3. The Bertz CT molecular complexity index is 1390. The third-order valence-corrected chi connectivity index (χ3v) is 5.58. The topological polar surface area (TPSA) is 87.5 Å². The van der Waals surface area contributed by atoms with Gasteiger partial charge in [-0.1, -0.05) is 13.0 Å². The maximum absolute atomic E-state index is 14.7. The zero-order chi connectivity index (χ0) is 25.5. The molecule has 0 spiro atoms. The first-order chi connectivity index (χ1) is 16.5. The molecule has 0 aliphatic carbocycles. The van der Waals surface area contributed by atoms with Crippen molar-refractivity contribution in [2.24, 2.45) is 0 Å². The second-order valence-corrected chi connectivity index (χ2v) is 7.85. The van der Waals surface area contributed by atoms with Crippen LogP contribution in [0.15, 0.2) is 53.5 Å². The van der Waals surface area contributed by atoms with Gasteiger partial charge in [-0.2, -0.15) is 13.2 Å². The summed E-state index contributed by atoms with van der Waals surface area (Å²) in [7, 11) is 0.